The number of hydrogen-bond acceptors (Lipinski definition) is 5. The number of Topliss-reactive ketones (excluding diaryl/α,β-unsaturated/α-hetero) is 1. The van der Waals surface area contributed by atoms with E-state index in [0.717, 1.165) is 25.7 Å². The van der Waals surface area contributed by atoms with E-state index in [1.165, 1.54) is 0 Å². The highest BCUT2D eigenvalue weighted by molar-refractivity contribution is 6.38. The predicted molar refractivity (Wildman–Crippen MR) is 121 cm³/mol. The lowest BCUT2D eigenvalue weighted by Gasteiger charge is -2.39. The molecule has 182 valence electrons. The van der Waals surface area contributed by atoms with Gasteiger partial charge in [-0.2, -0.15) is 0 Å². The van der Waals surface area contributed by atoms with Crippen LogP contribution in [0.5, 0.6) is 0 Å². The number of hydrogen-bond donors (Lipinski definition) is 3. The fourth-order valence-corrected chi connectivity index (χ4v) is 4.15. The number of carbonyl (C=O) groups excluding carboxylic acids is 4. The minimum absolute atomic E-state index is 0.285. The zero-order valence-corrected chi connectivity index (χ0v) is 20.1. The second kappa shape index (κ2) is 11.6. The summed E-state index contributed by atoms with van der Waals surface area (Å²) >= 11 is 0. The van der Waals surface area contributed by atoms with Crippen LogP contribution in [0.1, 0.15) is 79.1 Å². The van der Waals surface area contributed by atoms with Gasteiger partial charge >= 0.3 is 6.03 Å². The Morgan fingerprint density at radius 2 is 1.66 bits per heavy atom. The Morgan fingerprint density at radius 1 is 1.03 bits per heavy atom. The lowest BCUT2D eigenvalue weighted by atomic mass is 9.80. The maximum Gasteiger partial charge on any atom is 0.318 e. The zero-order valence-electron chi connectivity index (χ0n) is 20.1. The Hall–Kier alpha value is -2.16. The van der Waals surface area contributed by atoms with Gasteiger partial charge in [0.05, 0.1) is 19.3 Å². The van der Waals surface area contributed by atoms with Crippen LogP contribution in [0.15, 0.2) is 0 Å². The molecule has 1 saturated carbocycles. The molecule has 2 rings (SSSR count). The zero-order chi connectivity index (χ0) is 23.8. The number of carbonyl (C=O) groups is 4. The van der Waals surface area contributed by atoms with Gasteiger partial charge in [0.15, 0.2) is 0 Å². The van der Waals surface area contributed by atoms with Crippen LogP contribution in [0.3, 0.4) is 0 Å². The third kappa shape index (κ3) is 7.46. The first-order valence-electron chi connectivity index (χ1n) is 11.9. The molecule has 4 amide bonds. The van der Waals surface area contributed by atoms with Gasteiger partial charge in [0.2, 0.25) is 11.7 Å². The molecule has 0 spiro atoms. The molecular weight excluding hydrogens is 412 g/mol. The van der Waals surface area contributed by atoms with Gasteiger partial charge in [-0.1, -0.05) is 39.0 Å². The summed E-state index contributed by atoms with van der Waals surface area (Å²) in [6.07, 6.45) is 5.56. The van der Waals surface area contributed by atoms with Crippen LogP contribution in [0.25, 0.3) is 0 Å². The smallest absolute Gasteiger partial charge is 0.318 e. The molecule has 3 N–H and O–H groups in total. The quantitative estimate of drug-likeness (QED) is 0.486. The third-order valence-electron chi connectivity index (χ3n) is 5.97. The van der Waals surface area contributed by atoms with E-state index in [2.05, 4.69) is 16.0 Å². The summed E-state index contributed by atoms with van der Waals surface area (Å²) in [7, 11) is 0. The van der Waals surface area contributed by atoms with Crippen molar-refractivity contribution >= 4 is 23.6 Å². The number of morpholine rings is 1. The Labute approximate surface area is 191 Å². The summed E-state index contributed by atoms with van der Waals surface area (Å²) in [6, 6.07) is -1.20. The van der Waals surface area contributed by atoms with Crippen molar-refractivity contribution in [1.29, 1.82) is 0 Å². The molecule has 1 atom stereocenters. The molecule has 0 aromatic rings. The number of rotatable bonds is 8. The topological polar surface area (TPSA) is 117 Å². The number of ketones is 1. The van der Waals surface area contributed by atoms with E-state index in [-0.39, 0.29) is 11.9 Å². The van der Waals surface area contributed by atoms with Gasteiger partial charge in [0, 0.05) is 18.6 Å². The molecule has 0 bridgehead atoms. The van der Waals surface area contributed by atoms with Crippen molar-refractivity contribution in [3.8, 4) is 0 Å². The van der Waals surface area contributed by atoms with Gasteiger partial charge < -0.3 is 25.6 Å². The highest BCUT2D eigenvalue weighted by atomic mass is 16.5. The molecule has 1 aliphatic carbocycles. The number of nitrogens with zero attached hydrogens (tertiary/aromatic N) is 1. The Kier molecular flexibility index (Phi) is 9.48. The molecule has 9 heteroatoms. The van der Waals surface area contributed by atoms with Crippen LogP contribution < -0.4 is 16.0 Å². The van der Waals surface area contributed by atoms with E-state index in [1.54, 1.807) is 25.7 Å². The SMILES string of the molecule is CCCCC(NC(=O)C1(NC(=O)N2CCOCC2)CCCCC1)C(=O)C(=O)NC(C)(C)C. The van der Waals surface area contributed by atoms with Crippen LogP contribution in [-0.4, -0.2) is 72.0 Å². The molecule has 2 fully saturated rings. The van der Waals surface area contributed by atoms with Crippen molar-refractivity contribution in [2.24, 2.45) is 0 Å². The summed E-state index contributed by atoms with van der Waals surface area (Å²) in [5.41, 5.74) is -1.62. The Balaban J connectivity index is 2.15. The van der Waals surface area contributed by atoms with Crippen molar-refractivity contribution < 1.29 is 23.9 Å². The average molecular weight is 453 g/mol. The van der Waals surface area contributed by atoms with E-state index in [0.29, 0.717) is 52.0 Å². The van der Waals surface area contributed by atoms with Gasteiger partial charge in [0.1, 0.15) is 5.54 Å². The maximum atomic E-state index is 13.5. The second-order valence-corrected chi connectivity index (χ2v) is 9.91. The lowest BCUT2D eigenvalue weighted by Crippen LogP contribution is -2.65. The van der Waals surface area contributed by atoms with Crippen molar-refractivity contribution in [3.63, 3.8) is 0 Å². The van der Waals surface area contributed by atoms with Gasteiger partial charge in [-0.3, -0.25) is 14.4 Å². The monoisotopic (exact) mass is 452 g/mol. The van der Waals surface area contributed by atoms with Gasteiger partial charge in [0.25, 0.3) is 5.91 Å². The van der Waals surface area contributed by atoms with Crippen LogP contribution in [0, 0.1) is 0 Å². The van der Waals surface area contributed by atoms with E-state index in [1.807, 2.05) is 6.92 Å². The fraction of sp³-hybridized carbons (Fsp3) is 0.826. The molecule has 1 aliphatic heterocycles. The molecule has 2 aliphatic rings. The summed E-state index contributed by atoms with van der Waals surface area (Å²) in [5, 5.41) is 8.49. The minimum Gasteiger partial charge on any atom is -0.378 e. The largest absolute Gasteiger partial charge is 0.378 e. The number of unbranched alkanes of at least 4 members (excludes halogenated alkanes) is 1. The molecule has 1 unspecified atom stereocenters. The molecule has 0 radical (unpaired) electrons. The standard InChI is InChI=1S/C23H40N4O5/c1-5-6-10-17(18(28)19(29)25-22(2,3)4)24-20(30)23(11-8-7-9-12-23)26-21(31)27-13-15-32-16-14-27/h17H,5-16H2,1-4H3,(H,24,30)(H,25,29)(H,26,31). The average Bonchev–Trinajstić information content (AvgIpc) is 2.76. The molecule has 0 aromatic carbocycles. The van der Waals surface area contributed by atoms with E-state index >= 15 is 0 Å². The van der Waals surface area contributed by atoms with Crippen LogP contribution in [0.4, 0.5) is 4.79 Å². The second-order valence-electron chi connectivity index (χ2n) is 9.91. The predicted octanol–water partition coefficient (Wildman–Crippen LogP) is 1.89. The molecule has 32 heavy (non-hydrogen) atoms. The normalized spacial score (nSPS) is 19.6. The minimum atomic E-state index is -1.07. The molecule has 0 aromatic heterocycles. The molecule has 1 saturated heterocycles. The lowest BCUT2D eigenvalue weighted by molar-refractivity contribution is -0.141. The molecule has 1 heterocycles. The molecular formula is C23H40N4O5. The fourth-order valence-electron chi connectivity index (χ4n) is 4.15. The first kappa shape index (κ1) is 26.1. The van der Waals surface area contributed by atoms with Crippen molar-refractivity contribution in [2.45, 2.75) is 96.2 Å². The summed E-state index contributed by atoms with van der Waals surface area (Å²) < 4.78 is 5.31. The highest BCUT2D eigenvalue weighted by Gasteiger charge is 2.43. The number of urea groups is 1. The van der Waals surface area contributed by atoms with Gasteiger partial charge in [-0.15, -0.1) is 0 Å². The highest BCUT2D eigenvalue weighted by Crippen LogP contribution is 2.29. The van der Waals surface area contributed by atoms with E-state index < -0.39 is 28.8 Å². The summed E-state index contributed by atoms with van der Waals surface area (Å²) in [4.78, 5) is 53.4. The number of ether oxygens (including phenoxy) is 1. The van der Waals surface area contributed by atoms with Crippen molar-refractivity contribution in [2.75, 3.05) is 26.3 Å². The maximum absolute atomic E-state index is 13.5. The van der Waals surface area contributed by atoms with E-state index in [4.69, 9.17) is 4.74 Å². The van der Waals surface area contributed by atoms with Crippen LogP contribution in [0.2, 0.25) is 0 Å². The Morgan fingerprint density at radius 3 is 2.22 bits per heavy atom. The summed E-state index contributed by atoms with van der Waals surface area (Å²) in [6.45, 7) is 9.31. The van der Waals surface area contributed by atoms with Crippen molar-refractivity contribution in [1.82, 2.24) is 20.9 Å². The van der Waals surface area contributed by atoms with Gasteiger partial charge in [-0.25, -0.2) is 4.79 Å². The van der Waals surface area contributed by atoms with E-state index in [9.17, 15) is 19.2 Å². The number of amides is 4. The van der Waals surface area contributed by atoms with Gasteiger partial charge in [-0.05, 0) is 40.0 Å². The third-order valence-corrected chi connectivity index (χ3v) is 5.97. The molecule has 9 nitrogen and oxygen atoms in total. The van der Waals surface area contributed by atoms with Crippen molar-refractivity contribution in [3.05, 3.63) is 0 Å². The van der Waals surface area contributed by atoms with Crippen LogP contribution in [-0.2, 0) is 19.1 Å². The Bertz CT molecular complexity index is 676. The number of nitrogens with one attached hydrogen (secondary N) is 3. The summed E-state index contributed by atoms with van der Waals surface area (Å²) in [5.74, 6) is -1.72. The first-order valence-corrected chi connectivity index (χ1v) is 11.9. The van der Waals surface area contributed by atoms with Crippen LogP contribution >= 0.6 is 0 Å². The first-order chi connectivity index (χ1) is 15.1.